The van der Waals surface area contributed by atoms with Crippen LogP contribution in [0, 0.1) is 0 Å². The molecule has 1 aromatic heterocycles. The lowest BCUT2D eigenvalue weighted by Crippen LogP contribution is -2.01. The first-order valence-electron chi connectivity index (χ1n) is 6.01. The molecular formula is C13H12ClN5O2. The summed E-state index contributed by atoms with van der Waals surface area (Å²) >= 11 is 5.80. The Bertz CT molecular complexity index is 656. The van der Waals surface area contributed by atoms with Gasteiger partial charge in [-0.15, -0.1) is 5.10 Å². The highest BCUT2D eigenvalue weighted by Gasteiger charge is 2.07. The fourth-order valence-electron chi connectivity index (χ4n) is 1.59. The molecule has 0 saturated heterocycles. The number of aromatic nitrogens is 2. The second-order valence-electron chi connectivity index (χ2n) is 4.00. The molecule has 0 N–H and O–H groups in total. The Morgan fingerprint density at radius 3 is 2.71 bits per heavy atom. The molecule has 0 bridgehead atoms. The van der Waals surface area contributed by atoms with Crippen molar-refractivity contribution in [1.82, 2.24) is 10.2 Å². The monoisotopic (exact) mass is 305 g/mol. The summed E-state index contributed by atoms with van der Waals surface area (Å²) in [6, 6.07) is 9.01. The third-order valence-electron chi connectivity index (χ3n) is 2.64. The maximum absolute atomic E-state index is 8.36. The molecular weight excluding hydrogens is 294 g/mol. The SMILES string of the molecule is COc1ccc(COc2cc(Cl)nnc2CN=[N+]=[N-])cc1. The van der Waals surface area contributed by atoms with Crippen molar-refractivity contribution in [1.29, 1.82) is 0 Å². The summed E-state index contributed by atoms with van der Waals surface area (Å²) in [5, 5.41) is 11.2. The van der Waals surface area contributed by atoms with Gasteiger partial charge in [0.2, 0.25) is 0 Å². The number of hydrogen-bond acceptors (Lipinski definition) is 5. The van der Waals surface area contributed by atoms with Crippen molar-refractivity contribution in [3.8, 4) is 11.5 Å². The van der Waals surface area contributed by atoms with Crippen LogP contribution in [0.5, 0.6) is 11.5 Å². The highest BCUT2D eigenvalue weighted by atomic mass is 35.5. The van der Waals surface area contributed by atoms with Crippen LogP contribution in [0.4, 0.5) is 0 Å². The van der Waals surface area contributed by atoms with Crippen LogP contribution in [-0.4, -0.2) is 17.3 Å². The number of hydrogen-bond donors (Lipinski definition) is 0. The number of nitrogens with zero attached hydrogens (tertiary/aromatic N) is 5. The molecule has 0 aliphatic heterocycles. The summed E-state index contributed by atoms with van der Waals surface area (Å²) in [4.78, 5) is 2.69. The van der Waals surface area contributed by atoms with Crippen molar-refractivity contribution in [3.63, 3.8) is 0 Å². The predicted octanol–water partition coefficient (Wildman–Crippen LogP) is 3.53. The largest absolute Gasteiger partial charge is 0.497 e. The van der Waals surface area contributed by atoms with Gasteiger partial charge in [0, 0.05) is 11.0 Å². The van der Waals surface area contributed by atoms with E-state index in [1.807, 2.05) is 24.3 Å². The van der Waals surface area contributed by atoms with Crippen LogP contribution in [0.25, 0.3) is 10.4 Å². The topological polar surface area (TPSA) is 93.0 Å². The number of rotatable bonds is 6. The van der Waals surface area contributed by atoms with Crippen molar-refractivity contribution in [2.75, 3.05) is 7.11 Å². The van der Waals surface area contributed by atoms with Crippen LogP contribution < -0.4 is 9.47 Å². The Kier molecular flexibility index (Phi) is 5.20. The van der Waals surface area contributed by atoms with Crippen molar-refractivity contribution < 1.29 is 9.47 Å². The first-order valence-corrected chi connectivity index (χ1v) is 6.39. The van der Waals surface area contributed by atoms with E-state index in [1.54, 1.807) is 13.2 Å². The molecule has 21 heavy (non-hydrogen) atoms. The van der Waals surface area contributed by atoms with Crippen LogP contribution >= 0.6 is 11.6 Å². The number of azide groups is 1. The Morgan fingerprint density at radius 1 is 1.29 bits per heavy atom. The standard InChI is InChI=1S/C13H12ClN5O2/c1-20-10-4-2-9(3-5-10)8-21-12-6-13(14)18-17-11(12)7-16-19-15/h2-6H,7-8H2,1H3. The van der Waals surface area contributed by atoms with Crippen molar-refractivity contribution in [2.24, 2.45) is 5.11 Å². The number of benzene rings is 1. The number of methoxy groups -OCH3 is 1. The van der Waals surface area contributed by atoms with Crippen LogP contribution in [0.3, 0.4) is 0 Å². The average Bonchev–Trinajstić information content (AvgIpc) is 2.52. The first-order chi connectivity index (χ1) is 10.2. The molecule has 0 aliphatic carbocycles. The van der Waals surface area contributed by atoms with E-state index in [2.05, 4.69) is 20.2 Å². The van der Waals surface area contributed by atoms with Crippen molar-refractivity contribution in [2.45, 2.75) is 13.2 Å². The zero-order valence-corrected chi connectivity index (χ0v) is 12.0. The van der Waals surface area contributed by atoms with Gasteiger partial charge in [0.25, 0.3) is 0 Å². The maximum atomic E-state index is 8.36. The maximum Gasteiger partial charge on any atom is 0.155 e. The van der Waals surface area contributed by atoms with E-state index in [0.717, 1.165) is 11.3 Å². The molecule has 108 valence electrons. The third-order valence-corrected chi connectivity index (χ3v) is 2.82. The van der Waals surface area contributed by atoms with E-state index in [0.29, 0.717) is 18.1 Å². The van der Waals surface area contributed by atoms with Gasteiger partial charge >= 0.3 is 0 Å². The Balaban J connectivity index is 2.10. The summed E-state index contributed by atoms with van der Waals surface area (Å²) in [5.74, 6) is 1.22. The second-order valence-corrected chi connectivity index (χ2v) is 4.39. The summed E-state index contributed by atoms with van der Waals surface area (Å²) in [5.41, 5.74) is 9.75. The van der Waals surface area contributed by atoms with E-state index in [9.17, 15) is 0 Å². The predicted molar refractivity (Wildman–Crippen MR) is 77.2 cm³/mol. The Morgan fingerprint density at radius 2 is 2.05 bits per heavy atom. The lowest BCUT2D eigenvalue weighted by Gasteiger charge is -2.09. The van der Waals surface area contributed by atoms with Gasteiger partial charge in [-0.3, -0.25) is 0 Å². The van der Waals surface area contributed by atoms with Gasteiger partial charge in [-0.1, -0.05) is 28.8 Å². The average molecular weight is 306 g/mol. The molecule has 0 aliphatic rings. The van der Waals surface area contributed by atoms with Gasteiger partial charge < -0.3 is 9.47 Å². The molecule has 0 unspecified atom stereocenters. The van der Waals surface area contributed by atoms with Gasteiger partial charge in [-0.25, -0.2) is 0 Å². The van der Waals surface area contributed by atoms with E-state index in [-0.39, 0.29) is 11.7 Å². The number of halogens is 1. The molecule has 2 aromatic rings. The first kappa shape index (κ1) is 14.9. The molecule has 1 heterocycles. The second kappa shape index (κ2) is 7.33. The zero-order valence-electron chi connectivity index (χ0n) is 11.2. The van der Waals surface area contributed by atoms with Crippen LogP contribution in [0.15, 0.2) is 35.4 Å². The van der Waals surface area contributed by atoms with Gasteiger partial charge in [0.15, 0.2) is 5.15 Å². The van der Waals surface area contributed by atoms with E-state index in [1.165, 1.54) is 0 Å². The van der Waals surface area contributed by atoms with Crippen LogP contribution in [-0.2, 0) is 13.2 Å². The molecule has 2 rings (SSSR count). The van der Waals surface area contributed by atoms with Crippen molar-refractivity contribution in [3.05, 3.63) is 57.2 Å². The van der Waals surface area contributed by atoms with Crippen LogP contribution in [0.2, 0.25) is 5.15 Å². The molecule has 0 fully saturated rings. The minimum Gasteiger partial charge on any atom is -0.497 e. The molecule has 0 atom stereocenters. The lowest BCUT2D eigenvalue weighted by atomic mass is 10.2. The van der Waals surface area contributed by atoms with E-state index in [4.69, 9.17) is 26.6 Å². The van der Waals surface area contributed by atoms with Gasteiger partial charge in [-0.05, 0) is 23.2 Å². The fraction of sp³-hybridized carbons (Fsp3) is 0.231. The van der Waals surface area contributed by atoms with Crippen molar-refractivity contribution >= 4 is 11.6 Å². The third kappa shape index (κ3) is 4.24. The quantitative estimate of drug-likeness (QED) is 0.463. The highest BCUT2D eigenvalue weighted by molar-refractivity contribution is 6.29. The minimum absolute atomic E-state index is 0.0542. The Labute approximate surface area is 126 Å². The Hall–Kier alpha value is -2.50. The number of ether oxygens (including phenoxy) is 2. The van der Waals surface area contributed by atoms with Gasteiger partial charge in [-0.2, -0.15) is 5.10 Å². The van der Waals surface area contributed by atoms with Crippen LogP contribution in [0.1, 0.15) is 11.3 Å². The highest BCUT2D eigenvalue weighted by Crippen LogP contribution is 2.21. The summed E-state index contributed by atoms with van der Waals surface area (Å²) in [7, 11) is 1.61. The van der Waals surface area contributed by atoms with Gasteiger partial charge in [0.1, 0.15) is 23.8 Å². The normalized spacial score (nSPS) is 9.81. The molecule has 0 amide bonds. The molecule has 0 radical (unpaired) electrons. The van der Waals surface area contributed by atoms with E-state index < -0.39 is 0 Å². The zero-order chi connectivity index (χ0) is 15.1. The smallest absolute Gasteiger partial charge is 0.155 e. The summed E-state index contributed by atoms with van der Waals surface area (Å²) in [6.45, 7) is 0.383. The minimum atomic E-state index is 0.0542. The lowest BCUT2D eigenvalue weighted by molar-refractivity contribution is 0.300. The fourth-order valence-corrected chi connectivity index (χ4v) is 1.73. The summed E-state index contributed by atoms with van der Waals surface area (Å²) in [6.07, 6.45) is 0. The summed E-state index contributed by atoms with van der Waals surface area (Å²) < 4.78 is 10.8. The van der Waals surface area contributed by atoms with Gasteiger partial charge in [0.05, 0.1) is 13.7 Å². The molecule has 1 aromatic carbocycles. The van der Waals surface area contributed by atoms with E-state index >= 15 is 0 Å². The molecule has 7 nitrogen and oxygen atoms in total. The molecule has 0 saturated carbocycles. The molecule has 8 heteroatoms. The molecule has 0 spiro atoms.